The molecule has 0 rings (SSSR count). The van der Waals surface area contributed by atoms with Crippen LogP contribution < -0.4 is 0 Å². The Morgan fingerprint density at radius 2 is 1.92 bits per heavy atom. The summed E-state index contributed by atoms with van der Waals surface area (Å²) in [7, 11) is 0. The van der Waals surface area contributed by atoms with E-state index < -0.39 is 0 Å². The van der Waals surface area contributed by atoms with Gasteiger partial charge in [-0.15, -0.1) is 0 Å². The van der Waals surface area contributed by atoms with Crippen LogP contribution in [0, 0.1) is 11.3 Å². The molecule has 0 fully saturated rings. The molecule has 0 aliphatic heterocycles. The highest BCUT2D eigenvalue weighted by molar-refractivity contribution is 4.93. The van der Waals surface area contributed by atoms with Crippen molar-refractivity contribution in [3.8, 4) is 0 Å². The molecule has 0 aromatic rings. The molecule has 78 valence electrons. The van der Waals surface area contributed by atoms with Gasteiger partial charge in [0, 0.05) is 6.61 Å². The van der Waals surface area contributed by atoms with Gasteiger partial charge in [0.25, 0.3) is 0 Å². The van der Waals surface area contributed by atoms with Gasteiger partial charge in [0.2, 0.25) is 0 Å². The number of allylic oxidation sites excluding steroid dienone is 2. The van der Waals surface area contributed by atoms with Crippen molar-refractivity contribution in [3.63, 3.8) is 0 Å². The van der Waals surface area contributed by atoms with E-state index >= 15 is 0 Å². The van der Waals surface area contributed by atoms with E-state index in [9.17, 15) is 0 Å². The predicted molar refractivity (Wildman–Crippen MR) is 58.7 cm³/mol. The monoisotopic (exact) mass is 184 g/mol. The van der Waals surface area contributed by atoms with E-state index in [1.165, 1.54) is 5.57 Å². The van der Waals surface area contributed by atoms with Gasteiger partial charge in [-0.3, -0.25) is 0 Å². The lowest BCUT2D eigenvalue weighted by Gasteiger charge is -2.30. The zero-order valence-electron chi connectivity index (χ0n) is 9.72. The quantitative estimate of drug-likeness (QED) is 0.649. The Bertz CT molecular complexity index is 164. The smallest absolute Gasteiger partial charge is 0.0461 e. The summed E-state index contributed by atoms with van der Waals surface area (Å²) in [6.45, 7) is 11.1. The topological polar surface area (TPSA) is 20.2 Å². The maximum atomic E-state index is 9.06. The molecule has 0 aliphatic carbocycles. The third kappa shape index (κ3) is 5.09. The summed E-state index contributed by atoms with van der Waals surface area (Å²) >= 11 is 0. The number of hydrogen-bond acceptors (Lipinski definition) is 1. The second-order valence-corrected chi connectivity index (χ2v) is 4.89. The Balaban J connectivity index is 3.96. The molecule has 13 heavy (non-hydrogen) atoms. The Morgan fingerprint density at radius 3 is 2.31 bits per heavy atom. The van der Waals surface area contributed by atoms with Crippen molar-refractivity contribution in [1.29, 1.82) is 0 Å². The molecule has 0 bridgehead atoms. The van der Waals surface area contributed by atoms with Crippen LogP contribution in [0.2, 0.25) is 0 Å². The molecule has 1 nitrogen and oxygen atoms in total. The maximum Gasteiger partial charge on any atom is 0.0461 e. The van der Waals surface area contributed by atoms with Crippen LogP contribution in [0.4, 0.5) is 0 Å². The summed E-state index contributed by atoms with van der Waals surface area (Å²) in [6, 6.07) is 0. The largest absolute Gasteiger partial charge is 0.396 e. The fraction of sp³-hybridized carbons (Fsp3) is 0.833. The number of hydrogen-bond donors (Lipinski definition) is 1. The van der Waals surface area contributed by atoms with Crippen LogP contribution in [0.1, 0.15) is 47.5 Å². The van der Waals surface area contributed by atoms with Gasteiger partial charge in [-0.1, -0.05) is 32.4 Å². The Hall–Kier alpha value is -0.300. The highest BCUT2D eigenvalue weighted by Gasteiger charge is 2.23. The van der Waals surface area contributed by atoms with E-state index in [-0.39, 0.29) is 5.41 Å². The van der Waals surface area contributed by atoms with Gasteiger partial charge in [0.05, 0.1) is 0 Å². The molecule has 0 saturated carbocycles. The normalized spacial score (nSPS) is 14.0. The molecule has 1 heteroatoms. The molecular formula is C12H24O. The van der Waals surface area contributed by atoms with Crippen molar-refractivity contribution in [1.82, 2.24) is 0 Å². The number of rotatable bonds is 5. The van der Waals surface area contributed by atoms with E-state index in [1.54, 1.807) is 0 Å². The van der Waals surface area contributed by atoms with Gasteiger partial charge in [-0.05, 0) is 38.0 Å². The second kappa shape index (κ2) is 5.43. The predicted octanol–water partition coefficient (Wildman–Crippen LogP) is 3.39. The standard InChI is InChI=1S/C12H24O/c1-10(2)7-6-8-12(4,5)11(3)9-13/h7,11,13H,6,8-9H2,1-5H3. The van der Waals surface area contributed by atoms with E-state index in [4.69, 9.17) is 5.11 Å². The highest BCUT2D eigenvalue weighted by Crippen LogP contribution is 2.31. The molecule has 0 aromatic heterocycles. The van der Waals surface area contributed by atoms with E-state index in [1.807, 2.05) is 0 Å². The Labute approximate surface area is 82.9 Å². The van der Waals surface area contributed by atoms with Crippen LogP contribution in [0.3, 0.4) is 0 Å². The van der Waals surface area contributed by atoms with Crippen LogP contribution in [-0.4, -0.2) is 11.7 Å². The minimum atomic E-state index is 0.251. The number of aliphatic hydroxyl groups is 1. The summed E-state index contributed by atoms with van der Waals surface area (Å²) in [5.74, 6) is 0.387. The Morgan fingerprint density at radius 1 is 1.38 bits per heavy atom. The summed E-state index contributed by atoms with van der Waals surface area (Å²) in [5.41, 5.74) is 1.63. The van der Waals surface area contributed by atoms with Crippen LogP contribution in [0.25, 0.3) is 0 Å². The van der Waals surface area contributed by atoms with Crippen molar-refractivity contribution < 1.29 is 5.11 Å². The second-order valence-electron chi connectivity index (χ2n) is 4.89. The SMILES string of the molecule is CC(C)=CCCC(C)(C)C(C)CO. The lowest BCUT2D eigenvalue weighted by atomic mass is 9.77. The average Bonchev–Trinajstić information content (AvgIpc) is 2.01. The molecule has 1 N–H and O–H groups in total. The first-order valence-electron chi connectivity index (χ1n) is 5.14. The first-order chi connectivity index (χ1) is 5.90. The molecule has 0 radical (unpaired) electrons. The van der Waals surface area contributed by atoms with Gasteiger partial charge in [-0.2, -0.15) is 0 Å². The third-order valence-corrected chi connectivity index (χ3v) is 2.95. The lowest BCUT2D eigenvalue weighted by molar-refractivity contribution is 0.124. The minimum Gasteiger partial charge on any atom is -0.396 e. The zero-order valence-corrected chi connectivity index (χ0v) is 9.72. The summed E-state index contributed by atoms with van der Waals surface area (Å²) < 4.78 is 0. The molecule has 0 aromatic carbocycles. The molecule has 1 atom stereocenters. The van der Waals surface area contributed by atoms with Crippen molar-refractivity contribution in [3.05, 3.63) is 11.6 Å². The van der Waals surface area contributed by atoms with E-state index in [0.717, 1.165) is 12.8 Å². The fourth-order valence-corrected chi connectivity index (χ4v) is 1.23. The molecule has 0 aliphatic rings. The number of aliphatic hydroxyl groups excluding tert-OH is 1. The summed E-state index contributed by atoms with van der Waals surface area (Å²) in [6.07, 6.45) is 4.55. The van der Waals surface area contributed by atoms with Crippen molar-refractivity contribution in [2.45, 2.75) is 47.5 Å². The zero-order chi connectivity index (χ0) is 10.5. The first-order valence-corrected chi connectivity index (χ1v) is 5.14. The van der Waals surface area contributed by atoms with Crippen LogP contribution in [-0.2, 0) is 0 Å². The fourth-order valence-electron chi connectivity index (χ4n) is 1.23. The lowest BCUT2D eigenvalue weighted by Crippen LogP contribution is -2.24. The maximum absolute atomic E-state index is 9.06. The highest BCUT2D eigenvalue weighted by atomic mass is 16.3. The first kappa shape index (κ1) is 12.7. The van der Waals surface area contributed by atoms with Gasteiger partial charge < -0.3 is 5.11 Å². The van der Waals surface area contributed by atoms with Gasteiger partial charge in [0.1, 0.15) is 0 Å². The van der Waals surface area contributed by atoms with Gasteiger partial charge in [-0.25, -0.2) is 0 Å². The molecule has 0 saturated heterocycles. The molecule has 0 amide bonds. The van der Waals surface area contributed by atoms with Crippen molar-refractivity contribution in [2.75, 3.05) is 6.61 Å². The minimum absolute atomic E-state index is 0.251. The van der Waals surface area contributed by atoms with Crippen molar-refractivity contribution >= 4 is 0 Å². The molecule has 1 unspecified atom stereocenters. The Kier molecular flexibility index (Phi) is 5.31. The van der Waals surface area contributed by atoms with E-state index in [0.29, 0.717) is 12.5 Å². The third-order valence-electron chi connectivity index (χ3n) is 2.95. The average molecular weight is 184 g/mol. The van der Waals surface area contributed by atoms with Gasteiger partial charge >= 0.3 is 0 Å². The molecule has 0 spiro atoms. The molecule has 0 heterocycles. The summed E-state index contributed by atoms with van der Waals surface area (Å²) in [4.78, 5) is 0. The van der Waals surface area contributed by atoms with Gasteiger partial charge in [0.15, 0.2) is 0 Å². The van der Waals surface area contributed by atoms with Crippen molar-refractivity contribution in [2.24, 2.45) is 11.3 Å². The van der Waals surface area contributed by atoms with Crippen LogP contribution >= 0.6 is 0 Å². The van der Waals surface area contributed by atoms with Crippen LogP contribution in [0.5, 0.6) is 0 Å². The molecular weight excluding hydrogens is 160 g/mol. The summed E-state index contributed by atoms with van der Waals surface area (Å²) in [5, 5.41) is 9.06. The van der Waals surface area contributed by atoms with E-state index in [2.05, 4.69) is 40.7 Å². The van der Waals surface area contributed by atoms with Crippen LogP contribution in [0.15, 0.2) is 11.6 Å².